The van der Waals surface area contributed by atoms with Crippen LogP contribution in [-0.4, -0.2) is 38.9 Å². The molecule has 6 rings (SSSR count). The third-order valence-electron chi connectivity index (χ3n) is 8.14. The molecule has 6 nitrogen and oxygen atoms in total. The molecule has 1 unspecified atom stereocenters. The van der Waals surface area contributed by atoms with Crippen LogP contribution in [0.5, 0.6) is 0 Å². The first kappa shape index (κ1) is 25.6. The predicted molar refractivity (Wildman–Crippen MR) is 155 cm³/mol. The molecule has 0 spiro atoms. The second kappa shape index (κ2) is 11.2. The number of fused-ring (bicyclic) bond motifs is 1. The van der Waals surface area contributed by atoms with Crippen molar-refractivity contribution in [3.05, 3.63) is 95.3 Å². The molecule has 2 heterocycles. The average Bonchev–Trinajstić information content (AvgIpc) is 3.53. The molecule has 1 saturated heterocycles. The average molecular weight is 541 g/mol. The fraction of sp³-hybridized carbons (Fsp3) is 0.344. The van der Waals surface area contributed by atoms with Crippen molar-refractivity contribution in [3.63, 3.8) is 0 Å². The number of benzene rings is 3. The first-order valence-corrected chi connectivity index (χ1v) is 14.3. The van der Waals surface area contributed by atoms with Gasteiger partial charge in [0.2, 0.25) is 11.8 Å². The van der Waals surface area contributed by atoms with Gasteiger partial charge >= 0.3 is 0 Å². The van der Waals surface area contributed by atoms with E-state index in [1.54, 1.807) is 17.0 Å². The van der Waals surface area contributed by atoms with Gasteiger partial charge < -0.3 is 14.4 Å². The first-order chi connectivity index (χ1) is 19.1. The van der Waals surface area contributed by atoms with Gasteiger partial charge in [-0.3, -0.25) is 9.59 Å². The Morgan fingerprint density at radius 2 is 1.64 bits per heavy atom. The normalized spacial score (nSPS) is 18.1. The Bertz CT molecular complexity index is 1460. The summed E-state index contributed by atoms with van der Waals surface area (Å²) in [6.07, 6.45) is 6.00. The molecule has 2 fully saturated rings. The lowest BCUT2D eigenvalue weighted by Gasteiger charge is -2.35. The number of amides is 2. The molecule has 4 aromatic rings. The van der Waals surface area contributed by atoms with Crippen LogP contribution in [0.15, 0.2) is 78.9 Å². The van der Waals surface area contributed by atoms with Crippen molar-refractivity contribution in [2.24, 2.45) is 0 Å². The highest BCUT2D eigenvalue weighted by molar-refractivity contribution is 6.30. The lowest BCUT2D eigenvalue weighted by Crippen LogP contribution is -2.42. The number of carbonyl (C=O) groups excluding carboxylic acids is 2. The van der Waals surface area contributed by atoms with Crippen LogP contribution in [0.25, 0.3) is 11.0 Å². The third kappa shape index (κ3) is 5.44. The Labute approximate surface area is 234 Å². The molecule has 3 aromatic carbocycles. The van der Waals surface area contributed by atoms with E-state index in [-0.39, 0.29) is 30.3 Å². The quantitative estimate of drug-likeness (QED) is 0.266. The van der Waals surface area contributed by atoms with Gasteiger partial charge in [-0.2, -0.15) is 0 Å². The molecule has 0 bridgehead atoms. The van der Waals surface area contributed by atoms with Crippen LogP contribution in [0.4, 0.5) is 5.69 Å². The summed E-state index contributed by atoms with van der Waals surface area (Å²) < 4.78 is 2.06. The van der Waals surface area contributed by atoms with Gasteiger partial charge in [0.1, 0.15) is 12.4 Å². The number of para-hydroxylation sites is 2. The Kier molecular flexibility index (Phi) is 7.38. The predicted octanol–water partition coefficient (Wildman–Crippen LogP) is 6.57. The summed E-state index contributed by atoms with van der Waals surface area (Å²) in [5, 5.41) is 0.639. The van der Waals surface area contributed by atoms with Gasteiger partial charge in [-0.15, -0.1) is 0 Å². The highest BCUT2D eigenvalue weighted by Gasteiger charge is 2.36. The van der Waals surface area contributed by atoms with Crippen molar-refractivity contribution in [2.45, 2.75) is 63.6 Å². The number of hydrogen-bond donors (Lipinski definition) is 0. The summed E-state index contributed by atoms with van der Waals surface area (Å²) in [5.74, 6) is 0.859. The molecule has 1 saturated carbocycles. The summed E-state index contributed by atoms with van der Waals surface area (Å²) in [6, 6.07) is 25.8. The fourth-order valence-corrected chi connectivity index (χ4v) is 6.27. The highest BCUT2D eigenvalue weighted by Crippen LogP contribution is 2.34. The molecule has 7 heteroatoms. The van der Waals surface area contributed by atoms with E-state index in [2.05, 4.69) is 21.6 Å². The van der Waals surface area contributed by atoms with Gasteiger partial charge in [0.25, 0.3) is 0 Å². The zero-order valence-electron chi connectivity index (χ0n) is 22.0. The van der Waals surface area contributed by atoms with Gasteiger partial charge in [0.15, 0.2) is 0 Å². The van der Waals surface area contributed by atoms with E-state index in [9.17, 15) is 9.59 Å². The van der Waals surface area contributed by atoms with E-state index < -0.39 is 0 Å². The van der Waals surface area contributed by atoms with Crippen LogP contribution >= 0.6 is 11.6 Å². The molecule has 0 radical (unpaired) electrons. The number of anilines is 1. The van der Waals surface area contributed by atoms with E-state index in [4.69, 9.17) is 16.6 Å². The molecule has 1 atom stereocenters. The fourth-order valence-electron chi connectivity index (χ4n) is 6.14. The number of rotatable bonds is 7. The van der Waals surface area contributed by atoms with Gasteiger partial charge in [-0.05, 0) is 54.8 Å². The van der Waals surface area contributed by atoms with Crippen molar-refractivity contribution >= 4 is 40.1 Å². The number of nitrogens with zero attached hydrogens (tertiary/aromatic N) is 4. The molecule has 2 aliphatic rings. The van der Waals surface area contributed by atoms with Crippen molar-refractivity contribution in [3.8, 4) is 0 Å². The Balaban J connectivity index is 1.31. The maximum absolute atomic E-state index is 14.1. The van der Waals surface area contributed by atoms with E-state index >= 15 is 0 Å². The van der Waals surface area contributed by atoms with Crippen molar-refractivity contribution < 1.29 is 9.59 Å². The van der Waals surface area contributed by atoms with Gasteiger partial charge in [-0.1, -0.05) is 73.3 Å². The van der Waals surface area contributed by atoms with E-state index in [1.165, 1.54) is 6.42 Å². The van der Waals surface area contributed by atoms with Crippen LogP contribution in [-0.2, 0) is 22.7 Å². The minimum atomic E-state index is -0.106. The van der Waals surface area contributed by atoms with Crippen molar-refractivity contribution in [2.75, 3.05) is 11.4 Å². The highest BCUT2D eigenvalue weighted by atomic mass is 35.5. The van der Waals surface area contributed by atoms with Gasteiger partial charge in [0, 0.05) is 42.2 Å². The summed E-state index contributed by atoms with van der Waals surface area (Å²) in [7, 11) is 0. The first-order valence-electron chi connectivity index (χ1n) is 13.9. The van der Waals surface area contributed by atoms with Crippen LogP contribution in [0.1, 0.15) is 55.8 Å². The van der Waals surface area contributed by atoms with E-state index in [1.807, 2.05) is 54.6 Å². The zero-order valence-corrected chi connectivity index (χ0v) is 22.8. The van der Waals surface area contributed by atoms with E-state index in [0.717, 1.165) is 53.8 Å². The number of hydrogen-bond acceptors (Lipinski definition) is 3. The SMILES string of the molecule is O=C1CC(c2nc3ccccc3n2CC(=O)N(Cc2ccccc2)C2CCCCC2)CN1c1ccc(Cl)cc1. The molecular formula is C32H33ClN4O2. The second-order valence-corrected chi connectivity index (χ2v) is 11.2. The van der Waals surface area contributed by atoms with Crippen LogP contribution in [0, 0.1) is 0 Å². The standard InChI is InChI=1S/C32H33ClN4O2/c33-25-15-17-27(18-16-25)36-21-24(19-30(36)38)32-34-28-13-7-8-14-29(28)37(32)22-31(39)35(26-11-5-2-6-12-26)20-23-9-3-1-4-10-23/h1,3-4,7-10,13-18,24,26H,2,5-6,11-12,19-22H2. The summed E-state index contributed by atoms with van der Waals surface area (Å²) in [4.78, 5) is 36.0. The maximum atomic E-state index is 14.1. The van der Waals surface area contributed by atoms with Crippen molar-refractivity contribution in [1.29, 1.82) is 0 Å². The minimum Gasteiger partial charge on any atom is -0.334 e. The molecular weight excluding hydrogens is 508 g/mol. The molecule has 1 aliphatic heterocycles. The van der Waals surface area contributed by atoms with Gasteiger partial charge in [-0.25, -0.2) is 4.98 Å². The Morgan fingerprint density at radius 1 is 0.923 bits per heavy atom. The molecule has 39 heavy (non-hydrogen) atoms. The summed E-state index contributed by atoms with van der Waals surface area (Å²) in [5.41, 5.74) is 3.76. The van der Waals surface area contributed by atoms with Crippen LogP contribution < -0.4 is 4.90 Å². The lowest BCUT2D eigenvalue weighted by atomic mass is 9.93. The number of aromatic nitrogens is 2. The summed E-state index contributed by atoms with van der Waals surface area (Å²) >= 11 is 6.07. The number of halogens is 1. The second-order valence-electron chi connectivity index (χ2n) is 10.7. The van der Waals surface area contributed by atoms with Gasteiger partial charge in [0.05, 0.1) is 11.0 Å². The van der Waals surface area contributed by atoms with Crippen molar-refractivity contribution in [1.82, 2.24) is 14.5 Å². The Hall–Kier alpha value is -3.64. The largest absolute Gasteiger partial charge is 0.334 e. The van der Waals surface area contributed by atoms with E-state index in [0.29, 0.717) is 24.5 Å². The molecule has 2 amide bonds. The molecule has 200 valence electrons. The molecule has 1 aliphatic carbocycles. The summed E-state index contributed by atoms with van der Waals surface area (Å²) in [6.45, 7) is 1.34. The Morgan fingerprint density at radius 3 is 2.41 bits per heavy atom. The number of imidazole rings is 1. The minimum absolute atomic E-state index is 0.0557. The molecule has 1 aromatic heterocycles. The zero-order chi connectivity index (χ0) is 26.8. The molecule has 0 N–H and O–H groups in total. The van der Waals surface area contributed by atoms with Crippen LogP contribution in [0.3, 0.4) is 0 Å². The topological polar surface area (TPSA) is 58.4 Å². The number of carbonyl (C=O) groups is 2. The maximum Gasteiger partial charge on any atom is 0.243 e. The smallest absolute Gasteiger partial charge is 0.243 e. The van der Waals surface area contributed by atoms with Crippen LogP contribution in [0.2, 0.25) is 5.02 Å². The monoisotopic (exact) mass is 540 g/mol. The lowest BCUT2D eigenvalue weighted by molar-refractivity contribution is -0.135. The third-order valence-corrected chi connectivity index (χ3v) is 8.39.